The van der Waals surface area contributed by atoms with Gasteiger partial charge in [-0.2, -0.15) is 18.3 Å². The molecule has 3 heterocycles. The summed E-state index contributed by atoms with van der Waals surface area (Å²) >= 11 is 0. The summed E-state index contributed by atoms with van der Waals surface area (Å²) in [6.07, 6.45) is -0.358. The smallest absolute Gasteiger partial charge is 0.368 e. The van der Waals surface area contributed by atoms with Gasteiger partial charge in [-0.15, -0.1) is 0 Å². The van der Waals surface area contributed by atoms with E-state index in [2.05, 4.69) is 20.7 Å². The Hall–Kier alpha value is -3.56. The molecule has 0 unspecified atom stereocenters. The third-order valence-electron chi connectivity index (χ3n) is 6.15. The first kappa shape index (κ1) is 26.1. The summed E-state index contributed by atoms with van der Waals surface area (Å²) in [4.78, 5) is 16.6. The van der Waals surface area contributed by atoms with Crippen molar-refractivity contribution < 1.29 is 18.0 Å². The minimum atomic E-state index is -4.49. The molecule has 35 heavy (non-hydrogen) atoms. The van der Waals surface area contributed by atoms with Gasteiger partial charge < -0.3 is 10.6 Å². The standard InChI is InChI=1S/C23H23F3N6O.2CH4/c1-31-21(16-5-2-3-6-17(16)30-31)22(33)28-15-11-9-14(10-12-15)27-19-7-4-8-20-29-18(13-32(19)20)23(24,25)26;;/h2-8,13-15,27H,9-12H2,1H3,(H,28,33);2*1H4. The van der Waals surface area contributed by atoms with Gasteiger partial charge in [0.15, 0.2) is 5.69 Å². The summed E-state index contributed by atoms with van der Waals surface area (Å²) in [5, 5.41) is 11.7. The molecule has 4 aromatic rings. The van der Waals surface area contributed by atoms with E-state index in [0.29, 0.717) is 11.5 Å². The fourth-order valence-electron chi connectivity index (χ4n) is 4.53. The van der Waals surface area contributed by atoms with Crippen LogP contribution in [-0.2, 0) is 13.2 Å². The number of benzene rings is 1. The van der Waals surface area contributed by atoms with Crippen molar-refractivity contribution in [2.45, 2.75) is 58.8 Å². The molecule has 3 aromatic heterocycles. The molecule has 1 aliphatic rings. The quantitative estimate of drug-likeness (QED) is 0.388. The first-order chi connectivity index (χ1) is 15.8. The monoisotopic (exact) mass is 488 g/mol. The van der Waals surface area contributed by atoms with Crippen molar-refractivity contribution in [1.82, 2.24) is 24.5 Å². The highest BCUT2D eigenvalue weighted by Gasteiger charge is 2.34. The zero-order valence-corrected chi connectivity index (χ0v) is 17.9. The lowest BCUT2D eigenvalue weighted by Crippen LogP contribution is -2.40. The lowest BCUT2D eigenvalue weighted by Gasteiger charge is -2.30. The van der Waals surface area contributed by atoms with Crippen LogP contribution in [0.5, 0.6) is 0 Å². The van der Waals surface area contributed by atoms with Crippen LogP contribution in [-0.4, -0.2) is 37.2 Å². The third-order valence-corrected chi connectivity index (χ3v) is 6.15. The Morgan fingerprint density at radius 1 is 1.00 bits per heavy atom. The normalized spacial score (nSPS) is 18.1. The van der Waals surface area contributed by atoms with E-state index in [9.17, 15) is 18.0 Å². The number of carbonyl (C=O) groups excluding carboxylic acids is 1. The Balaban J connectivity index is 0.00000171. The van der Waals surface area contributed by atoms with E-state index in [-0.39, 0.29) is 38.5 Å². The summed E-state index contributed by atoms with van der Waals surface area (Å²) < 4.78 is 42.2. The number of fused-ring (bicyclic) bond motifs is 2. The number of aromatic nitrogens is 4. The number of nitrogens with zero attached hydrogens (tertiary/aromatic N) is 4. The molecule has 0 radical (unpaired) electrons. The second kappa shape index (κ2) is 9.97. The Morgan fingerprint density at radius 3 is 2.40 bits per heavy atom. The number of amides is 1. The van der Waals surface area contributed by atoms with E-state index in [1.54, 1.807) is 29.9 Å². The molecule has 1 aromatic carbocycles. The third kappa shape index (κ3) is 5.11. The van der Waals surface area contributed by atoms with Crippen LogP contribution in [0.15, 0.2) is 48.7 Å². The molecule has 0 atom stereocenters. The fraction of sp³-hybridized carbons (Fsp3) is 0.400. The molecule has 5 rings (SSSR count). The molecular weight excluding hydrogens is 457 g/mol. The van der Waals surface area contributed by atoms with Crippen molar-refractivity contribution in [1.29, 1.82) is 0 Å². The summed E-state index contributed by atoms with van der Waals surface area (Å²) in [7, 11) is 1.76. The summed E-state index contributed by atoms with van der Waals surface area (Å²) in [6.45, 7) is 0. The number of halogens is 3. The van der Waals surface area contributed by atoms with Gasteiger partial charge in [-0.25, -0.2) is 4.98 Å². The molecule has 2 N–H and O–H groups in total. The maximum Gasteiger partial charge on any atom is 0.434 e. The van der Waals surface area contributed by atoms with E-state index in [1.165, 1.54) is 4.40 Å². The molecule has 188 valence electrons. The van der Waals surface area contributed by atoms with E-state index in [0.717, 1.165) is 42.8 Å². The largest absolute Gasteiger partial charge is 0.434 e. The number of imidazole rings is 1. The second-order valence-corrected chi connectivity index (χ2v) is 8.42. The Morgan fingerprint density at radius 2 is 1.69 bits per heavy atom. The molecule has 7 nitrogen and oxygen atoms in total. The highest BCUT2D eigenvalue weighted by molar-refractivity contribution is 6.05. The van der Waals surface area contributed by atoms with Crippen molar-refractivity contribution in [2.75, 3.05) is 5.32 Å². The molecular formula is C25H31F3N6O. The Bertz CT molecular complexity index is 1320. The maximum absolute atomic E-state index is 13.0. The Kier molecular flexibility index (Phi) is 7.42. The number of rotatable bonds is 4. The van der Waals surface area contributed by atoms with Crippen molar-refractivity contribution in [3.63, 3.8) is 0 Å². The first-order valence-electron chi connectivity index (χ1n) is 10.8. The average Bonchev–Trinajstić information content (AvgIpc) is 3.36. The summed E-state index contributed by atoms with van der Waals surface area (Å²) in [5.41, 5.74) is 0.654. The summed E-state index contributed by atoms with van der Waals surface area (Å²) in [5.74, 6) is 0.426. The van der Waals surface area contributed by atoms with E-state index >= 15 is 0 Å². The van der Waals surface area contributed by atoms with Gasteiger partial charge in [0.2, 0.25) is 0 Å². The van der Waals surface area contributed by atoms with Crippen LogP contribution >= 0.6 is 0 Å². The summed E-state index contributed by atoms with van der Waals surface area (Å²) in [6, 6.07) is 12.7. The number of nitrogens with one attached hydrogen (secondary N) is 2. The molecule has 0 saturated heterocycles. The first-order valence-corrected chi connectivity index (χ1v) is 10.8. The molecule has 1 saturated carbocycles. The van der Waals surface area contributed by atoms with Crippen LogP contribution < -0.4 is 10.6 Å². The molecule has 0 spiro atoms. The maximum atomic E-state index is 13.0. The molecule has 0 aliphatic heterocycles. The van der Waals surface area contributed by atoms with Gasteiger partial charge in [-0.05, 0) is 43.9 Å². The van der Waals surface area contributed by atoms with Gasteiger partial charge in [-0.3, -0.25) is 13.9 Å². The van der Waals surface area contributed by atoms with E-state index in [4.69, 9.17) is 0 Å². The van der Waals surface area contributed by atoms with Crippen LogP contribution in [0.4, 0.5) is 19.0 Å². The average molecular weight is 489 g/mol. The zero-order valence-electron chi connectivity index (χ0n) is 17.9. The van der Waals surface area contributed by atoms with Crippen molar-refractivity contribution in [2.24, 2.45) is 7.05 Å². The van der Waals surface area contributed by atoms with E-state index < -0.39 is 11.9 Å². The fourth-order valence-corrected chi connectivity index (χ4v) is 4.53. The predicted molar refractivity (Wildman–Crippen MR) is 132 cm³/mol. The lowest BCUT2D eigenvalue weighted by molar-refractivity contribution is -0.140. The van der Waals surface area contributed by atoms with Crippen LogP contribution in [0.1, 0.15) is 56.7 Å². The SMILES string of the molecule is C.C.Cn1nc2ccccc2c1C(=O)NC1CCC(Nc2cccc3nc(C(F)(F)F)cn23)CC1. The van der Waals surface area contributed by atoms with Crippen molar-refractivity contribution in [3.05, 3.63) is 60.0 Å². The van der Waals surface area contributed by atoms with Gasteiger partial charge in [0.25, 0.3) is 5.91 Å². The van der Waals surface area contributed by atoms with Gasteiger partial charge in [-0.1, -0.05) is 39.1 Å². The number of hydrogen-bond donors (Lipinski definition) is 2. The Labute approximate surface area is 202 Å². The number of pyridine rings is 1. The van der Waals surface area contributed by atoms with Gasteiger partial charge in [0.05, 0.1) is 5.52 Å². The lowest BCUT2D eigenvalue weighted by atomic mass is 9.91. The number of carbonyl (C=O) groups is 1. The number of hydrogen-bond acceptors (Lipinski definition) is 4. The van der Waals surface area contributed by atoms with Crippen molar-refractivity contribution >= 4 is 28.3 Å². The van der Waals surface area contributed by atoms with Crippen molar-refractivity contribution in [3.8, 4) is 0 Å². The van der Waals surface area contributed by atoms with Gasteiger partial charge >= 0.3 is 6.18 Å². The molecule has 1 fully saturated rings. The molecule has 10 heteroatoms. The number of alkyl halides is 3. The van der Waals surface area contributed by atoms with Crippen LogP contribution in [0.2, 0.25) is 0 Å². The number of anilines is 1. The minimum Gasteiger partial charge on any atom is -0.368 e. The van der Waals surface area contributed by atoms with Gasteiger partial charge in [0, 0.05) is 30.7 Å². The molecule has 1 amide bonds. The highest BCUT2D eigenvalue weighted by atomic mass is 19.4. The van der Waals surface area contributed by atoms with Crippen LogP contribution in [0.25, 0.3) is 16.6 Å². The molecule has 1 aliphatic carbocycles. The molecule has 0 bridgehead atoms. The second-order valence-electron chi connectivity index (χ2n) is 8.42. The topological polar surface area (TPSA) is 76.2 Å². The van der Waals surface area contributed by atoms with Gasteiger partial charge in [0.1, 0.15) is 17.2 Å². The number of aryl methyl sites for hydroxylation is 1. The van der Waals surface area contributed by atoms with E-state index in [1.807, 2.05) is 24.3 Å². The predicted octanol–water partition coefficient (Wildman–Crippen LogP) is 5.67. The zero-order chi connectivity index (χ0) is 23.2. The van der Waals surface area contributed by atoms with Crippen LogP contribution in [0, 0.1) is 0 Å². The minimum absolute atomic E-state index is 0. The van der Waals surface area contributed by atoms with Crippen LogP contribution in [0.3, 0.4) is 0 Å². The highest BCUT2D eigenvalue weighted by Crippen LogP contribution is 2.30.